The molecule has 1 fully saturated rings. The van der Waals surface area contributed by atoms with Gasteiger partial charge in [-0.1, -0.05) is 12.1 Å². The van der Waals surface area contributed by atoms with Crippen molar-refractivity contribution in [2.45, 2.75) is 6.54 Å². The Morgan fingerprint density at radius 1 is 1.28 bits per heavy atom. The lowest BCUT2D eigenvalue weighted by Gasteiger charge is -2.26. The van der Waals surface area contributed by atoms with Crippen LogP contribution in [0.3, 0.4) is 0 Å². The molecule has 1 saturated heterocycles. The summed E-state index contributed by atoms with van der Waals surface area (Å²) < 4.78 is 2.14. The summed E-state index contributed by atoms with van der Waals surface area (Å²) >= 11 is 0. The van der Waals surface area contributed by atoms with E-state index in [2.05, 4.69) is 34.1 Å². The summed E-state index contributed by atoms with van der Waals surface area (Å²) in [6.45, 7) is 5.44. The topological polar surface area (TPSA) is 46.2 Å². The molecule has 1 aromatic carbocycles. The fraction of sp³-hybridized carbons (Fsp3) is 0.429. The number of hydrogen-bond acceptors (Lipinski definition) is 3. The highest BCUT2D eigenvalue weighted by Crippen LogP contribution is 2.26. The number of aromatic nitrogens is 1. The van der Waals surface area contributed by atoms with Crippen LogP contribution in [0.4, 0.5) is 5.69 Å². The van der Waals surface area contributed by atoms with Crippen molar-refractivity contribution < 1.29 is 0 Å². The molecule has 0 saturated carbocycles. The normalized spacial score (nSPS) is 17.4. The molecule has 1 aliphatic rings. The van der Waals surface area contributed by atoms with Crippen LogP contribution in [0.25, 0.3) is 10.9 Å². The second-order valence-corrected chi connectivity index (χ2v) is 5.03. The summed E-state index contributed by atoms with van der Waals surface area (Å²) in [5, 5.41) is 4.67. The molecule has 3 N–H and O–H groups in total. The minimum atomic E-state index is 0.863. The van der Waals surface area contributed by atoms with E-state index in [1.54, 1.807) is 0 Å². The lowest BCUT2D eigenvalue weighted by molar-refractivity contribution is 0.234. The zero-order chi connectivity index (χ0) is 12.5. The molecule has 0 aliphatic carbocycles. The minimum absolute atomic E-state index is 0.863. The predicted molar refractivity (Wildman–Crippen MR) is 75.5 cm³/mol. The molecule has 1 aliphatic heterocycles. The molecule has 2 heterocycles. The Kier molecular flexibility index (Phi) is 2.97. The average molecular weight is 244 g/mol. The van der Waals surface area contributed by atoms with E-state index in [-0.39, 0.29) is 0 Å². The van der Waals surface area contributed by atoms with Crippen molar-refractivity contribution >= 4 is 16.6 Å². The van der Waals surface area contributed by atoms with Gasteiger partial charge in [-0.05, 0) is 11.6 Å². The van der Waals surface area contributed by atoms with Crippen LogP contribution in [0.15, 0.2) is 24.4 Å². The maximum atomic E-state index is 6.06. The van der Waals surface area contributed by atoms with E-state index in [1.807, 2.05) is 12.1 Å². The van der Waals surface area contributed by atoms with E-state index in [0.717, 1.165) is 43.9 Å². The first-order chi connectivity index (χ1) is 8.75. The Bertz CT molecular complexity index is 552. The standard InChI is InChI=1S/C14H20N4/c1-17-9-11(10-18-7-5-16-6-8-18)12-3-2-4-13(15)14(12)17/h2-4,9,16H,5-8,10,15H2,1H3. The van der Waals surface area contributed by atoms with E-state index in [9.17, 15) is 0 Å². The highest BCUT2D eigenvalue weighted by atomic mass is 15.2. The van der Waals surface area contributed by atoms with Gasteiger partial charge in [-0.3, -0.25) is 4.90 Å². The van der Waals surface area contributed by atoms with Crippen molar-refractivity contribution in [1.82, 2.24) is 14.8 Å². The van der Waals surface area contributed by atoms with Gasteiger partial charge in [-0.15, -0.1) is 0 Å². The number of nitrogens with one attached hydrogen (secondary N) is 1. The highest BCUT2D eigenvalue weighted by molar-refractivity contribution is 5.93. The lowest BCUT2D eigenvalue weighted by Crippen LogP contribution is -2.42. The average Bonchev–Trinajstić information content (AvgIpc) is 2.69. The molecule has 3 rings (SSSR count). The van der Waals surface area contributed by atoms with Gasteiger partial charge in [0.25, 0.3) is 0 Å². The number of piperazine rings is 1. The summed E-state index contributed by atoms with van der Waals surface area (Å²) in [4.78, 5) is 2.49. The van der Waals surface area contributed by atoms with E-state index in [1.165, 1.54) is 10.9 Å². The lowest BCUT2D eigenvalue weighted by atomic mass is 10.1. The molecule has 0 radical (unpaired) electrons. The van der Waals surface area contributed by atoms with E-state index >= 15 is 0 Å². The molecular weight excluding hydrogens is 224 g/mol. The number of para-hydroxylation sites is 1. The molecule has 0 spiro atoms. The Hall–Kier alpha value is -1.52. The third-order valence-electron chi connectivity index (χ3n) is 3.72. The van der Waals surface area contributed by atoms with Gasteiger partial charge in [-0.25, -0.2) is 0 Å². The molecular formula is C14H20N4. The van der Waals surface area contributed by atoms with Crippen LogP contribution in [-0.2, 0) is 13.6 Å². The van der Waals surface area contributed by atoms with Crippen molar-refractivity contribution in [1.29, 1.82) is 0 Å². The van der Waals surface area contributed by atoms with Gasteiger partial charge >= 0.3 is 0 Å². The van der Waals surface area contributed by atoms with Crippen LogP contribution in [-0.4, -0.2) is 35.6 Å². The number of anilines is 1. The van der Waals surface area contributed by atoms with E-state index in [4.69, 9.17) is 5.73 Å². The maximum absolute atomic E-state index is 6.06. The third kappa shape index (κ3) is 1.98. The largest absolute Gasteiger partial charge is 0.397 e. The van der Waals surface area contributed by atoms with Crippen molar-refractivity contribution in [3.8, 4) is 0 Å². The molecule has 96 valence electrons. The predicted octanol–water partition coefficient (Wildman–Crippen LogP) is 1.17. The first-order valence-corrected chi connectivity index (χ1v) is 6.51. The summed E-state index contributed by atoms with van der Waals surface area (Å²) in [6.07, 6.45) is 2.21. The van der Waals surface area contributed by atoms with Crippen molar-refractivity contribution in [3.63, 3.8) is 0 Å². The molecule has 4 nitrogen and oxygen atoms in total. The molecule has 1 aromatic heterocycles. The van der Waals surface area contributed by atoms with Gasteiger partial charge in [0, 0.05) is 51.4 Å². The fourth-order valence-electron chi connectivity index (χ4n) is 2.82. The summed E-state index contributed by atoms with van der Waals surface area (Å²) in [5.41, 5.74) is 9.45. The van der Waals surface area contributed by atoms with Crippen LogP contribution in [0.5, 0.6) is 0 Å². The first-order valence-electron chi connectivity index (χ1n) is 6.51. The third-order valence-corrected chi connectivity index (χ3v) is 3.72. The van der Waals surface area contributed by atoms with Crippen LogP contribution >= 0.6 is 0 Å². The van der Waals surface area contributed by atoms with Crippen molar-refractivity contribution in [3.05, 3.63) is 30.0 Å². The van der Waals surface area contributed by atoms with E-state index in [0.29, 0.717) is 0 Å². The zero-order valence-electron chi connectivity index (χ0n) is 10.8. The summed E-state index contributed by atoms with van der Waals surface area (Å²) in [6, 6.07) is 6.18. The van der Waals surface area contributed by atoms with Gasteiger partial charge in [0.15, 0.2) is 0 Å². The Labute approximate surface area is 107 Å². The second-order valence-electron chi connectivity index (χ2n) is 5.03. The SMILES string of the molecule is Cn1cc(CN2CCNCC2)c2cccc(N)c21. The number of nitrogen functional groups attached to an aromatic ring is 1. The maximum Gasteiger partial charge on any atom is 0.0714 e. The van der Waals surface area contributed by atoms with Crippen LogP contribution in [0.1, 0.15) is 5.56 Å². The molecule has 2 aromatic rings. The van der Waals surface area contributed by atoms with Crippen LogP contribution < -0.4 is 11.1 Å². The van der Waals surface area contributed by atoms with Gasteiger partial charge < -0.3 is 15.6 Å². The highest BCUT2D eigenvalue weighted by Gasteiger charge is 2.14. The number of nitrogens with zero attached hydrogens (tertiary/aromatic N) is 2. The zero-order valence-corrected chi connectivity index (χ0v) is 10.8. The second kappa shape index (κ2) is 4.63. The number of aryl methyl sites for hydroxylation is 1. The minimum Gasteiger partial charge on any atom is -0.397 e. The fourth-order valence-corrected chi connectivity index (χ4v) is 2.82. The number of nitrogens with two attached hydrogens (primary N) is 1. The van der Waals surface area contributed by atoms with Gasteiger partial charge in [-0.2, -0.15) is 0 Å². The number of hydrogen-bond donors (Lipinski definition) is 2. The Morgan fingerprint density at radius 2 is 2.06 bits per heavy atom. The number of benzene rings is 1. The van der Waals surface area contributed by atoms with Gasteiger partial charge in [0.05, 0.1) is 11.2 Å². The monoisotopic (exact) mass is 244 g/mol. The molecule has 0 amide bonds. The number of fused-ring (bicyclic) bond motifs is 1. The molecule has 0 bridgehead atoms. The number of rotatable bonds is 2. The Morgan fingerprint density at radius 3 is 2.83 bits per heavy atom. The van der Waals surface area contributed by atoms with Crippen molar-refractivity contribution in [2.75, 3.05) is 31.9 Å². The Balaban J connectivity index is 1.94. The van der Waals surface area contributed by atoms with Crippen LogP contribution in [0.2, 0.25) is 0 Å². The molecule has 4 heteroatoms. The molecule has 0 atom stereocenters. The summed E-state index contributed by atoms with van der Waals surface area (Å²) in [7, 11) is 2.07. The van der Waals surface area contributed by atoms with Gasteiger partial charge in [0.2, 0.25) is 0 Å². The van der Waals surface area contributed by atoms with E-state index < -0.39 is 0 Å². The molecule has 0 unspecified atom stereocenters. The van der Waals surface area contributed by atoms with Crippen LogP contribution in [0, 0.1) is 0 Å². The summed E-state index contributed by atoms with van der Waals surface area (Å²) in [5.74, 6) is 0. The van der Waals surface area contributed by atoms with Gasteiger partial charge in [0.1, 0.15) is 0 Å². The quantitative estimate of drug-likeness (QED) is 0.779. The van der Waals surface area contributed by atoms with Crippen molar-refractivity contribution in [2.24, 2.45) is 7.05 Å². The smallest absolute Gasteiger partial charge is 0.0714 e. The molecule has 18 heavy (non-hydrogen) atoms. The first kappa shape index (κ1) is 11.6.